The van der Waals surface area contributed by atoms with Gasteiger partial charge in [0.2, 0.25) is 0 Å². The summed E-state index contributed by atoms with van der Waals surface area (Å²) in [5.74, 6) is 3.76. The van der Waals surface area contributed by atoms with Crippen molar-refractivity contribution in [3.8, 4) is 5.75 Å². The van der Waals surface area contributed by atoms with Crippen LogP contribution < -0.4 is 9.64 Å². The number of rotatable bonds is 7. The number of aliphatic hydroxyl groups is 1. The van der Waals surface area contributed by atoms with Crippen molar-refractivity contribution in [3.63, 3.8) is 0 Å². The normalized spacial score (nSPS) is 31.1. The highest BCUT2D eigenvalue weighted by atomic mass is 35.5. The van der Waals surface area contributed by atoms with Crippen molar-refractivity contribution in [1.29, 1.82) is 0 Å². The Morgan fingerprint density at radius 2 is 1.57 bits per heavy atom. The molecule has 5 fully saturated rings. The quantitative estimate of drug-likeness (QED) is 0.537. The minimum absolute atomic E-state index is 0.338. The Labute approximate surface area is 215 Å². The zero-order valence-corrected chi connectivity index (χ0v) is 21.7. The van der Waals surface area contributed by atoms with Crippen molar-refractivity contribution in [2.45, 2.75) is 57.0 Å². The highest BCUT2D eigenvalue weighted by Crippen LogP contribution is 2.60. The molecule has 2 aromatic rings. The van der Waals surface area contributed by atoms with Crippen molar-refractivity contribution in [2.24, 2.45) is 17.8 Å². The predicted octanol–water partition coefficient (Wildman–Crippen LogP) is 5.68. The summed E-state index contributed by atoms with van der Waals surface area (Å²) in [7, 11) is 0. The molecule has 1 heterocycles. The lowest BCUT2D eigenvalue weighted by Crippen LogP contribution is -2.49. The SMILES string of the molecule is Cc1ccc(Cl)cc1N1CCN(C[C@H](O)COc2ccc(C34CC5CC(CC(C5)C3)C4)cc2)CC1. The van der Waals surface area contributed by atoms with Crippen LogP contribution in [-0.2, 0) is 5.41 Å². The molecular weight excluding hydrogens is 456 g/mol. The molecule has 0 unspecified atom stereocenters. The van der Waals surface area contributed by atoms with Gasteiger partial charge in [-0.05, 0) is 104 Å². The van der Waals surface area contributed by atoms with Gasteiger partial charge in [0.15, 0.2) is 0 Å². The predicted molar refractivity (Wildman–Crippen MR) is 143 cm³/mol. The number of halogens is 1. The molecule has 0 spiro atoms. The zero-order valence-electron chi connectivity index (χ0n) is 21.0. The van der Waals surface area contributed by atoms with Crippen LogP contribution in [0.1, 0.15) is 49.7 Å². The van der Waals surface area contributed by atoms with E-state index in [0.29, 0.717) is 18.6 Å². The van der Waals surface area contributed by atoms with Gasteiger partial charge in [0, 0.05) is 43.4 Å². The first-order valence-electron chi connectivity index (χ1n) is 13.6. The Balaban J connectivity index is 0.980. The molecule has 5 aliphatic rings. The van der Waals surface area contributed by atoms with Crippen LogP contribution in [0.25, 0.3) is 0 Å². The number of anilines is 1. The van der Waals surface area contributed by atoms with Crippen LogP contribution >= 0.6 is 11.6 Å². The first-order valence-corrected chi connectivity index (χ1v) is 14.0. The van der Waals surface area contributed by atoms with Crippen molar-refractivity contribution in [1.82, 2.24) is 4.90 Å². The number of nitrogens with zero attached hydrogens (tertiary/aromatic N) is 2. The van der Waals surface area contributed by atoms with Gasteiger partial charge in [-0.15, -0.1) is 0 Å². The number of benzene rings is 2. The van der Waals surface area contributed by atoms with Crippen LogP contribution in [0.15, 0.2) is 42.5 Å². The van der Waals surface area contributed by atoms with E-state index in [1.165, 1.54) is 55.3 Å². The van der Waals surface area contributed by atoms with Crippen LogP contribution in [-0.4, -0.2) is 55.4 Å². The summed E-state index contributed by atoms with van der Waals surface area (Å²) in [5.41, 5.74) is 4.43. The minimum atomic E-state index is -0.489. The average molecular weight is 495 g/mol. The van der Waals surface area contributed by atoms with Crippen LogP contribution in [0.2, 0.25) is 5.02 Å². The first kappa shape index (κ1) is 23.6. The van der Waals surface area contributed by atoms with Crippen LogP contribution in [0.3, 0.4) is 0 Å². The third-order valence-electron chi connectivity index (χ3n) is 9.30. The molecule has 0 amide bonds. The molecule has 5 heteroatoms. The average Bonchev–Trinajstić information content (AvgIpc) is 2.84. The molecule has 35 heavy (non-hydrogen) atoms. The number of hydrogen-bond donors (Lipinski definition) is 1. The van der Waals surface area contributed by atoms with Gasteiger partial charge in [0.05, 0.1) is 0 Å². The third kappa shape index (κ3) is 4.95. The third-order valence-corrected chi connectivity index (χ3v) is 9.54. The number of aliphatic hydroxyl groups excluding tert-OH is 1. The summed E-state index contributed by atoms with van der Waals surface area (Å²) in [6, 6.07) is 15.0. The molecule has 1 atom stereocenters. The summed E-state index contributed by atoms with van der Waals surface area (Å²) < 4.78 is 6.00. The fourth-order valence-corrected chi connectivity index (χ4v) is 8.17. The molecule has 188 valence electrons. The number of β-amino-alcohol motifs (C(OH)–C–C–N with tert-alkyl or cyclic N) is 1. The van der Waals surface area contributed by atoms with Crippen molar-refractivity contribution >= 4 is 17.3 Å². The second kappa shape index (κ2) is 9.61. The summed E-state index contributed by atoms with van der Waals surface area (Å²) >= 11 is 6.21. The summed E-state index contributed by atoms with van der Waals surface area (Å²) in [5, 5.41) is 11.4. The Morgan fingerprint density at radius 1 is 0.943 bits per heavy atom. The molecule has 4 bridgehead atoms. The monoisotopic (exact) mass is 494 g/mol. The summed E-state index contributed by atoms with van der Waals surface area (Å²) in [6.07, 6.45) is 8.12. The van der Waals surface area contributed by atoms with Gasteiger partial charge in [-0.1, -0.05) is 29.8 Å². The van der Waals surface area contributed by atoms with Gasteiger partial charge < -0.3 is 14.7 Å². The Bertz CT molecular complexity index is 996. The second-order valence-electron chi connectivity index (χ2n) is 11.9. The molecule has 1 N–H and O–H groups in total. The fraction of sp³-hybridized carbons (Fsp3) is 0.600. The number of piperazine rings is 1. The lowest BCUT2D eigenvalue weighted by atomic mass is 9.48. The van der Waals surface area contributed by atoms with Gasteiger partial charge in [-0.3, -0.25) is 4.90 Å². The molecule has 1 saturated heterocycles. The maximum atomic E-state index is 10.6. The summed E-state index contributed by atoms with van der Waals surface area (Å²) in [6.45, 7) is 6.87. The number of aryl methyl sites for hydroxylation is 1. The van der Waals surface area contributed by atoms with E-state index in [-0.39, 0.29) is 0 Å². The molecule has 7 rings (SSSR count). The van der Waals surface area contributed by atoms with Crippen molar-refractivity contribution in [3.05, 3.63) is 58.6 Å². The van der Waals surface area contributed by atoms with E-state index >= 15 is 0 Å². The van der Waals surface area contributed by atoms with Gasteiger partial charge in [-0.25, -0.2) is 0 Å². The summed E-state index contributed by atoms with van der Waals surface area (Å²) in [4.78, 5) is 4.73. The van der Waals surface area contributed by atoms with E-state index < -0.39 is 6.10 Å². The van der Waals surface area contributed by atoms with Crippen LogP contribution in [0.5, 0.6) is 5.75 Å². The van der Waals surface area contributed by atoms with Gasteiger partial charge >= 0.3 is 0 Å². The minimum Gasteiger partial charge on any atom is -0.491 e. The number of hydrogen-bond acceptors (Lipinski definition) is 4. The van der Waals surface area contributed by atoms with Crippen LogP contribution in [0.4, 0.5) is 5.69 Å². The second-order valence-corrected chi connectivity index (χ2v) is 12.3. The molecule has 0 aromatic heterocycles. The zero-order chi connectivity index (χ0) is 24.0. The van der Waals surface area contributed by atoms with E-state index in [4.69, 9.17) is 16.3 Å². The highest BCUT2D eigenvalue weighted by molar-refractivity contribution is 6.30. The van der Waals surface area contributed by atoms with E-state index in [2.05, 4.69) is 53.1 Å². The van der Waals surface area contributed by atoms with E-state index in [0.717, 1.165) is 54.7 Å². The van der Waals surface area contributed by atoms with Gasteiger partial charge in [0.1, 0.15) is 18.5 Å². The maximum Gasteiger partial charge on any atom is 0.119 e. The fourth-order valence-electron chi connectivity index (χ4n) is 8.01. The maximum absolute atomic E-state index is 10.6. The Hall–Kier alpha value is -1.75. The van der Waals surface area contributed by atoms with Gasteiger partial charge in [0.25, 0.3) is 0 Å². The largest absolute Gasteiger partial charge is 0.491 e. The van der Waals surface area contributed by atoms with Crippen molar-refractivity contribution < 1.29 is 9.84 Å². The smallest absolute Gasteiger partial charge is 0.119 e. The molecule has 0 radical (unpaired) electrons. The molecule has 4 saturated carbocycles. The topological polar surface area (TPSA) is 35.9 Å². The first-order chi connectivity index (χ1) is 17.0. The lowest BCUT2D eigenvalue weighted by Gasteiger charge is -2.57. The van der Waals surface area contributed by atoms with Crippen LogP contribution in [0, 0.1) is 24.7 Å². The molecule has 4 nitrogen and oxygen atoms in total. The standard InChI is InChI=1S/C30H39ClN2O2/c1-21-2-5-26(31)15-29(21)33-10-8-32(9-11-33)19-27(34)20-35-28-6-3-25(4-7-28)30-16-22-12-23(17-30)14-24(13-22)18-30/h2-7,15,22-24,27,34H,8-14,16-20H2,1H3/t22?,23?,24?,27-,30?/m0/s1. The number of ether oxygens (including phenoxy) is 1. The Kier molecular flexibility index (Phi) is 6.49. The molecular formula is C30H39ClN2O2. The van der Waals surface area contributed by atoms with Gasteiger partial charge in [-0.2, -0.15) is 0 Å². The van der Waals surface area contributed by atoms with E-state index in [1.54, 1.807) is 0 Å². The van der Waals surface area contributed by atoms with E-state index in [1.807, 2.05) is 6.07 Å². The van der Waals surface area contributed by atoms with E-state index in [9.17, 15) is 5.11 Å². The van der Waals surface area contributed by atoms with Crippen molar-refractivity contribution in [2.75, 3.05) is 44.2 Å². The molecule has 4 aliphatic carbocycles. The molecule has 1 aliphatic heterocycles. The molecule has 2 aromatic carbocycles. The Morgan fingerprint density at radius 3 is 2.20 bits per heavy atom. The highest BCUT2D eigenvalue weighted by Gasteiger charge is 2.51. The lowest BCUT2D eigenvalue weighted by molar-refractivity contribution is -0.00522.